The van der Waals surface area contributed by atoms with Gasteiger partial charge in [-0.25, -0.2) is 0 Å². The number of benzene rings is 2. The van der Waals surface area contributed by atoms with E-state index < -0.39 is 5.91 Å². The molecule has 28 heavy (non-hydrogen) atoms. The molecule has 2 aliphatic heterocycles. The van der Waals surface area contributed by atoms with Crippen LogP contribution in [0.4, 0.5) is 5.69 Å². The predicted molar refractivity (Wildman–Crippen MR) is 108 cm³/mol. The van der Waals surface area contributed by atoms with Gasteiger partial charge in [0.1, 0.15) is 11.8 Å². The topological polar surface area (TPSA) is 51.1 Å². The summed E-state index contributed by atoms with van der Waals surface area (Å²) >= 11 is 0. The van der Waals surface area contributed by atoms with Crippen LogP contribution in [0.2, 0.25) is 0 Å². The number of quaternary nitrogens is 1. The van der Waals surface area contributed by atoms with Crippen LogP contribution in [0, 0.1) is 0 Å². The normalized spacial score (nSPS) is 21.3. The Labute approximate surface area is 165 Å². The number of anilines is 1. The van der Waals surface area contributed by atoms with Gasteiger partial charge in [-0.1, -0.05) is 13.0 Å². The highest BCUT2D eigenvalue weighted by atomic mass is 16.5. The number of nitrogens with zero attached hydrogens (tertiary/aromatic N) is 1. The summed E-state index contributed by atoms with van der Waals surface area (Å²) in [7, 11) is 0. The second-order valence-corrected chi connectivity index (χ2v) is 7.53. The summed E-state index contributed by atoms with van der Waals surface area (Å²) in [5.74, 6) is 0.112. The molecule has 2 aromatic rings. The minimum atomic E-state index is -0.395. The van der Waals surface area contributed by atoms with Gasteiger partial charge < -0.3 is 9.64 Å². The summed E-state index contributed by atoms with van der Waals surface area (Å²) < 4.78 is 5.54. The highest BCUT2D eigenvalue weighted by molar-refractivity contribution is 6.52. The molecule has 5 nitrogen and oxygen atoms in total. The van der Waals surface area contributed by atoms with Gasteiger partial charge in [-0.05, 0) is 55.3 Å². The van der Waals surface area contributed by atoms with Crippen LogP contribution >= 0.6 is 0 Å². The van der Waals surface area contributed by atoms with Crippen molar-refractivity contribution >= 4 is 17.4 Å². The molecule has 1 fully saturated rings. The van der Waals surface area contributed by atoms with Crippen LogP contribution in [-0.2, 0) is 11.2 Å². The molecule has 0 aliphatic carbocycles. The van der Waals surface area contributed by atoms with Crippen LogP contribution in [0.1, 0.15) is 54.2 Å². The number of ether oxygens (including phenoxy) is 1. The lowest BCUT2D eigenvalue weighted by molar-refractivity contribution is -0.917. The first kappa shape index (κ1) is 18.7. The number of carbonyl (C=O) groups excluding carboxylic acids is 2. The lowest BCUT2D eigenvalue weighted by atomic mass is 10.0. The van der Waals surface area contributed by atoms with E-state index in [2.05, 4.69) is 19.1 Å². The van der Waals surface area contributed by atoms with Crippen LogP contribution < -0.4 is 14.5 Å². The molecule has 0 aromatic heterocycles. The highest BCUT2D eigenvalue weighted by Crippen LogP contribution is 2.30. The van der Waals surface area contributed by atoms with E-state index in [1.807, 2.05) is 37.3 Å². The van der Waals surface area contributed by atoms with Gasteiger partial charge in [0, 0.05) is 18.4 Å². The van der Waals surface area contributed by atoms with Gasteiger partial charge in [-0.15, -0.1) is 0 Å². The number of carbonyl (C=O) groups is 2. The van der Waals surface area contributed by atoms with E-state index in [-0.39, 0.29) is 5.78 Å². The summed E-state index contributed by atoms with van der Waals surface area (Å²) in [6, 6.07) is 14.4. The van der Waals surface area contributed by atoms with Crippen molar-refractivity contribution in [2.45, 2.75) is 39.2 Å². The Morgan fingerprint density at radius 3 is 2.61 bits per heavy atom. The molecule has 1 amide bonds. The molecular formula is C23H27N2O3+. The molecular weight excluding hydrogens is 352 g/mol. The maximum absolute atomic E-state index is 12.7. The molecule has 5 heteroatoms. The number of hydrogen-bond acceptors (Lipinski definition) is 3. The van der Waals surface area contributed by atoms with E-state index in [4.69, 9.17) is 4.74 Å². The average Bonchev–Trinajstić information content (AvgIpc) is 3.27. The third kappa shape index (κ3) is 3.31. The quantitative estimate of drug-likeness (QED) is 0.785. The minimum absolute atomic E-state index is 0.331. The smallest absolute Gasteiger partial charge is 0.303 e. The molecule has 2 aromatic carbocycles. The number of Topliss-reactive ketones (excluding diaryl/α,β-unsaturated/α-hetero) is 1. The number of fused-ring (bicyclic) bond motifs is 1. The molecule has 146 valence electrons. The first-order valence-electron chi connectivity index (χ1n) is 10.2. The standard InChI is InChI=1S/C23H26N2O3/c1-3-16-7-12-21-19(14-16)22(26)23(27)25(21)15-24-13-5-6-20(24)17-8-10-18(11-9-17)28-4-2/h7-12,14,20H,3-6,13,15H2,1-2H3/p+1/t20-/m0/s1. The number of amides is 1. The van der Waals surface area contributed by atoms with E-state index in [1.54, 1.807) is 4.90 Å². The zero-order chi connectivity index (χ0) is 19.7. The monoisotopic (exact) mass is 379 g/mol. The van der Waals surface area contributed by atoms with Gasteiger partial charge in [0.2, 0.25) is 0 Å². The molecule has 1 unspecified atom stereocenters. The maximum Gasteiger partial charge on any atom is 0.303 e. The Kier molecular flexibility index (Phi) is 5.18. The van der Waals surface area contributed by atoms with Gasteiger partial charge in [-0.3, -0.25) is 14.5 Å². The number of hydrogen-bond donors (Lipinski definition) is 1. The minimum Gasteiger partial charge on any atom is -0.494 e. The fourth-order valence-electron chi connectivity index (χ4n) is 4.39. The van der Waals surface area contributed by atoms with Crippen molar-refractivity contribution in [2.24, 2.45) is 0 Å². The van der Waals surface area contributed by atoms with Crippen molar-refractivity contribution in [1.29, 1.82) is 0 Å². The van der Waals surface area contributed by atoms with Crippen molar-refractivity contribution < 1.29 is 19.2 Å². The molecule has 2 atom stereocenters. The van der Waals surface area contributed by atoms with E-state index in [0.717, 1.165) is 42.8 Å². The van der Waals surface area contributed by atoms with E-state index >= 15 is 0 Å². The molecule has 2 aliphatic rings. The van der Waals surface area contributed by atoms with E-state index in [0.29, 0.717) is 24.9 Å². The fraction of sp³-hybridized carbons (Fsp3) is 0.391. The Morgan fingerprint density at radius 1 is 1.11 bits per heavy atom. The van der Waals surface area contributed by atoms with Crippen molar-refractivity contribution in [2.75, 3.05) is 24.7 Å². The number of aryl methyl sites for hydroxylation is 1. The number of nitrogens with one attached hydrogen (secondary N) is 1. The second-order valence-electron chi connectivity index (χ2n) is 7.53. The van der Waals surface area contributed by atoms with Gasteiger partial charge in [0.05, 0.1) is 24.4 Å². The van der Waals surface area contributed by atoms with Gasteiger partial charge in [-0.2, -0.15) is 0 Å². The first-order chi connectivity index (χ1) is 13.6. The molecule has 0 bridgehead atoms. The Morgan fingerprint density at radius 2 is 1.89 bits per heavy atom. The van der Waals surface area contributed by atoms with Gasteiger partial charge in [0.25, 0.3) is 5.78 Å². The van der Waals surface area contributed by atoms with Crippen LogP contribution in [0.25, 0.3) is 0 Å². The Bertz CT molecular complexity index is 891. The van der Waals surface area contributed by atoms with Crippen molar-refractivity contribution in [3.8, 4) is 5.75 Å². The maximum atomic E-state index is 12.7. The summed E-state index contributed by atoms with van der Waals surface area (Å²) in [5, 5.41) is 0. The summed E-state index contributed by atoms with van der Waals surface area (Å²) in [6.45, 7) is 6.21. The summed E-state index contributed by atoms with van der Waals surface area (Å²) in [6.07, 6.45) is 3.05. The largest absolute Gasteiger partial charge is 0.494 e. The van der Waals surface area contributed by atoms with Crippen molar-refractivity contribution in [3.63, 3.8) is 0 Å². The fourth-order valence-corrected chi connectivity index (χ4v) is 4.39. The Balaban J connectivity index is 1.55. The van der Waals surface area contributed by atoms with Crippen LogP contribution in [0.15, 0.2) is 42.5 Å². The lowest BCUT2D eigenvalue weighted by Crippen LogP contribution is -3.12. The Hall–Kier alpha value is -2.66. The van der Waals surface area contributed by atoms with Crippen LogP contribution in [0.3, 0.4) is 0 Å². The molecule has 0 spiro atoms. The third-order valence-electron chi connectivity index (χ3n) is 5.88. The third-order valence-corrected chi connectivity index (χ3v) is 5.88. The molecule has 1 saturated heterocycles. The number of likely N-dealkylation sites (tertiary alicyclic amines) is 1. The summed E-state index contributed by atoms with van der Waals surface area (Å²) in [4.78, 5) is 28.2. The number of rotatable bonds is 6. The zero-order valence-electron chi connectivity index (χ0n) is 16.5. The SMILES string of the molecule is CCOc1ccc([C@@H]2CCC[NH+]2CN2C(=O)C(=O)c3cc(CC)ccc32)cc1. The van der Waals surface area contributed by atoms with Crippen molar-refractivity contribution in [3.05, 3.63) is 59.2 Å². The predicted octanol–water partition coefficient (Wildman–Crippen LogP) is 2.55. The number of ketones is 1. The summed E-state index contributed by atoms with van der Waals surface area (Å²) in [5.41, 5.74) is 3.66. The van der Waals surface area contributed by atoms with E-state index in [9.17, 15) is 9.59 Å². The molecule has 0 saturated carbocycles. The molecule has 1 N–H and O–H groups in total. The molecule has 0 radical (unpaired) electrons. The van der Waals surface area contributed by atoms with Crippen LogP contribution in [-0.4, -0.2) is 31.5 Å². The molecule has 4 rings (SSSR count). The zero-order valence-corrected chi connectivity index (χ0v) is 16.5. The van der Waals surface area contributed by atoms with Crippen LogP contribution in [0.5, 0.6) is 5.75 Å². The first-order valence-corrected chi connectivity index (χ1v) is 10.2. The van der Waals surface area contributed by atoms with Crippen molar-refractivity contribution in [1.82, 2.24) is 0 Å². The van der Waals surface area contributed by atoms with E-state index in [1.165, 1.54) is 10.5 Å². The lowest BCUT2D eigenvalue weighted by Gasteiger charge is -2.26. The second kappa shape index (κ2) is 7.76. The van der Waals surface area contributed by atoms with Gasteiger partial charge >= 0.3 is 5.91 Å². The average molecular weight is 379 g/mol. The molecule has 2 heterocycles. The highest BCUT2D eigenvalue weighted by Gasteiger charge is 2.40. The van der Waals surface area contributed by atoms with Gasteiger partial charge in [0.15, 0.2) is 6.67 Å².